The van der Waals surface area contributed by atoms with Gasteiger partial charge < -0.3 is 10.6 Å². The molecule has 0 aliphatic carbocycles. The lowest BCUT2D eigenvalue weighted by atomic mass is 10.1. The molecule has 164 valence electrons. The van der Waals surface area contributed by atoms with Crippen molar-refractivity contribution in [3.8, 4) is 0 Å². The molecule has 2 heterocycles. The Morgan fingerprint density at radius 1 is 1.10 bits per heavy atom. The fourth-order valence-corrected chi connectivity index (χ4v) is 3.13. The molecule has 0 aliphatic rings. The van der Waals surface area contributed by atoms with E-state index in [1.54, 1.807) is 19.1 Å². The van der Waals surface area contributed by atoms with Gasteiger partial charge in [0.2, 0.25) is 11.8 Å². The zero-order valence-corrected chi connectivity index (χ0v) is 17.2. The minimum absolute atomic E-state index is 0.166. The number of rotatable bonds is 6. The molecule has 2 N–H and O–H groups in total. The van der Waals surface area contributed by atoms with Gasteiger partial charge in [0.05, 0.1) is 13.0 Å². The summed E-state index contributed by atoms with van der Waals surface area (Å²) in [5, 5.41) is 8.72. The van der Waals surface area contributed by atoms with E-state index in [-0.39, 0.29) is 24.7 Å². The van der Waals surface area contributed by atoms with Crippen LogP contribution < -0.4 is 10.6 Å². The number of carbonyl (C=O) groups is 2. The van der Waals surface area contributed by atoms with Crippen LogP contribution in [0, 0.1) is 13.8 Å². The van der Waals surface area contributed by atoms with Crippen LogP contribution in [0.15, 0.2) is 24.3 Å². The molecule has 0 atom stereocenters. The number of aromatic nitrogens is 4. The Morgan fingerprint density at radius 2 is 1.81 bits per heavy atom. The van der Waals surface area contributed by atoms with Gasteiger partial charge in [0.15, 0.2) is 0 Å². The van der Waals surface area contributed by atoms with Crippen molar-refractivity contribution in [3.05, 3.63) is 52.6 Å². The molecule has 0 aliphatic heterocycles. The normalized spacial score (nSPS) is 11.5. The monoisotopic (exact) mass is 434 g/mol. The van der Waals surface area contributed by atoms with Gasteiger partial charge in [-0.05, 0) is 31.9 Å². The van der Waals surface area contributed by atoms with E-state index < -0.39 is 17.9 Å². The first kappa shape index (κ1) is 22.2. The van der Waals surface area contributed by atoms with Crippen molar-refractivity contribution >= 4 is 23.3 Å². The zero-order chi connectivity index (χ0) is 22.8. The van der Waals surface area contributed by atoms with Crippen molar-refractivity contribution in [1.29, 1.82) is 0 Å². The summed E-state index contributed by atoms with van der Waals surface area (Å²) in [5.41, 5.74) is 2.75. The average Bonchev–Trinajstić information content (AvgIpc) is 3.14. The van der Waals surface area contributed by atoms with Gasteiger partial charge in [-0.15, -0.1) is 5.10 Å². The van der Waals surface area contributed by atoms with E-state index in [9.17, 15) is 22.8 Å². The smallest absolute Gasteiger partial charge is 0.347 e. The highest BCUT2D eigenvalue weighted by Crippen LogP contribution is 2.27. The van der Waals surface area contributed by atoms with Crippen molar-refractivity contribution < 1.29 is 22.8 Å². The quantitative estimate of drug-likeness (QED) is 0.621. The molecule has 0 fully saturated rings. The maximum absolute atomic E-state index is 12.9. The number of para-hydroxylation sites is 1. The highest BCUT2D eigenvalue weighted by atomic mass is 19.4. The van der Waals surface area contributed by atoms with Crippen LogP contribution >= 0.6 is 0 Å². The van der Waals surface area contributed by atoms with Crippen LogP contribution in [-0.2, 0) is 28.6 Å². The Kier molecular flexibility index (Phi) is 6.23. The van der Waals surface area contributed by atoms with Gasteiger partial charge in [0.1, 0.15) is 0 Å². The Morgan fingerprint density at radius 3 is 2.48 bits per heavy atom. The summed E-state index contributed by atoms with van der Waals surface area (Å²) in [7, 11) is 0. The molecule has 0 bridgehead atoms. The van der Waals surface area contributed by atoms with Crippen LogP contribution in [0.1, 0.15) is 35.3 Å². The van der Waals surface area contributed by atoms with Gasteiger partial charge in [0, 0.05) is 22.6 Å². The van der Waals surface area contributed by atoms with Crippen LogP contribution in [0.4, 0.5) is 18.9 Å². The molecule has 2 aromatic heterocycles. The summed E-state index contributed by atoms with van der Waals surface area (Å²) in [6.45, 7) is 4.83. The number of carbonyl (C=O) groups excluding carboxylic acids is 2. The van der Waals surface area contributed by atoms with Crippen molar-refractivity contribution in [2.45, 2.75) is 39.8 Å². The van der Waals surface area contributed by atoms with Crippen LogP contribution in [0.25, 0.3) is 5.78 Å². The lowest BCUT2D eigenvalue weighted by Crippen LogP contribution is -2.34. The molecule has 0 unspecified atom stereocenters. The molecule has 0 saturated heterocycles. The Bertz CT molecular complexity index is 1140. The second kappa shape index (κ2) is 8.70. The summed E-state index contributed by atoms with van der Waals surface area (Å²) in [4.78, 5) is 32.0. The van der Waals surface area contributed by atoms with E-state index in [0.29, 0.717) is 22.6 Å². The van der Waals surface area contributed by atoms with Crippen LogP contribution in [0.3, 0.4) is 0 Å². The van der Waals surface area contributed by atoms with Crippen molar-refractivity contribution in [1.82, 2.24) is 24.9 Å². The summed E-state index contributed by atoms with van der Waals surface area (Å²) >= 11 is 0. The predicted molar refractivity (Wildman–Crippen MR) is 106 cm³/mol. The van der Waals surface area contributed by atoms with E-state index in [1.165, 1.54) is 6.92 Å². The first-order chi connectivity index (χ1) is 14.6. The van der Waals surface area contributed by atoms with Crippen molar-refractivity contribution in [2.24, 2.45) is 0 Å². The minimum Gasteiger partial charge on any atom is -0.347 e. The first-order valence-corrected chi connectivity index (χ1v) is 9.54. The number of anilines is 1. The van der Waals surface area contributed by atoms with Gasteiger partial charge in [-0.2, -0.15) is 18.2 Å². The summed E-state index contributed by atoms with van der Waals surface area (Å²) in [6, 6.07) is 7.35. The average molecular weight is 434 g/mol. The van der Waals surface area contributed by atoms with E-state index in [1.807, 2.05) is 19.1 Å². The zero-order valence-electron chi connectivity index (χ0n) is 17.2. The molecule has 3 rings (SSSR count). The highest BCUT2D eigenvalue weighted by molar-refractivity contribution is 5.95. The molecule has 3 aromatic rings. The third kappa shape index (κ3) is 4.98. The molecular weight excluding hydrogens is 413 g/mol. The molecule has 8 nitrogen and oxygen atoms in total. The largest absolute Gasteiger partial charge is 0.453 e. The molecule has 0 saturated carbocycles. The Labute approximate surface area is 175 Å². The van der Waals surface area contributed by atoms with Crippen LogP contribution in [-0.4, -0.2) is 37.9 Å². The lowest BCUT2D eigenvalue weighted by molar-refractivity contribution is -0.144. The van der Waals surface area contributed by atoms with Gasteiger partial charge in [-0.25, -0.2) is 9.50 Å². The number of hydrogen-bond donors (Lipinski definition) is 2. The van der Waals surface area contributed by atoms with Gasteiger partial charge in [-0.1, -0.05) is 25.1 Å². The number of nitrogens with one attached hydrogen (secondary N) is 2. The second-order valence-electron chi connectivity index (χ2n) is 6.92. The predicted octanol–water partition coefficient (Wildman–Crippen LogP) is 2.62. The van der Waals surface area contributed by atoms with Crippen LogP contribution in [0.5, 0.6) is 0 Å². The minimum atomic E-state index is -4.70. The number of benzene rings is 1. The fraction of sp³-hybridized carbons (Fsp3) is 0.350. The maximum atomic E-state index is 12.9. The number of alkyl halides is 3. The van der Waals surface area contributed by atoms with Crippen molar-refractivity contribution in [2.75, 3.05) is 11.9 Å². The fourth-order valence-electron chi connectivity index (χ4n) is 3.13. The topological polar surface area (TPSA) is 101 Å². The molecular formula is C20H21F3N6O2. The SMILES string of the molecule is CCc1ccccc1NC(=O)CNC(=O)Cc1c(C)nc2nc(C(F)(F)F)nn2c1C. The number of fused-ring (bicyclic) bond motifs is 1. The van der Waals surface area contributed by atoms with E-state index in [0.717, 1.165) is 16.5 Å². The van der Waals surface area contributed by atoms with E-state index >= 15 is 0 Å². The van der Waals surface area contributed by atoms with Crippen LogP contribution in [0.2, 0.25) is 0 Å². The Balaban J connectivity index is 1.68. The number of nitrogens with zero attached hydrogens (tertiary/aromatic N) is 4. The number of amides is 2. The van der Waals surface area contributed by atoms with Gasteiger partial charge in [-0.3, -0.25) is 9.59 Å². The third-order valence-corrected chi connectivity index (χ3v) is 4.76. The summed E-state index contributed by atoms with van der Waals surface area (Å²) in [6.07, 6.45) is -4.12. The molecule has 11 heteroatoms. The maximum Gasteiger partial charge on any atom is 0.453 e. The molecule has 0 radical (unpaired) electrons. The number of aryl methyl sites for hydroxylation is 3. The van der Waals surface area contributed by atoms with Crippen molar-refractivity contribution in [3.63, 3.8) is 0 Å². The van der Waals surface area contributed by atoms with Gasteiger partial charge in [0.25, 0.3) is 11.6 Å². The standard InChI is InChI=1S/C20H21F3N6O2/c1-4-13-7-5-6-8-15(13)26-17(31)10-24-16(30)9-14-11(2)25-19-27-18(20(21,22)23)28-29(19)12(14)3/h5-8H,4,9-10H2,1-3H3,(H,24,30)(H,26,31). The molecule has 31 heavy (non-hydrogen) atoms. The summed E-state index contributed by atoms with van der Waals surface area (Å²) < 4.78 is 39.6. The molecule has 2 amide bonds. The highest BCUT2D eigenvalue weighted by Gasteiger charge is 2.37. The lowest BCUT2D eigenvalue weighted by Gasteiger charge is -2.12. The third-order valence-electron chi connectivity index (χ3n) is 4.76. The summed E-state index contributed by atoms with van der Waals surface area (Å²) in [5.74, 6) is -2.35. The van der Waals surface area contributed by atoms with E-state index in [4.69, 9.17) is 0 Å². The number of halogens is 3. The second-order valence-corrected chi connectivity index (χ2v) is 6.92. The van der Waals surface area contributed by atoms with Gasteiger partial charge >= 0.3 is 6.18 Å². The Hall–Kier alpha value is -3.50. The molecule has 1 aromatic carbocycles. The number of hydrogen-bond acceptors (Lipinski definition) is 5. The van der Waals surface area contributed by atoms with E-state index in [2.05, 4.69) is 25.7 Å². The molecule has 0 spiro atoms. The first-order valence-electron chi connectivity index (χ1n) is 9.54.